The highest BCUT2D eigenvalue weighted by Crippen LogP contribution is 2.39. The van der Waals surface area contributed by atoms with Gasteiger partial charge in [0.1, 0.15) is 12.3 Å². The van der Waals surface area contributed by atoms with Gasteiger partial charge in [-0.05, 0) is 23.3 Å². The number of oxazole rings is 1. The lowest BCUT2D eigenvalue weighted by Gasteiger charge is -2.31. The molecule has 184 valence electrons. The number of para-hydroxylation sites is 1. The van der Waals surface area contributed by atoms with Gasteiger partial charge in [-0.1, -0.05) is 78.9 Å². The predicted octanol–water partition coefficient (Wildman–Crippen LogP) is 2.66. The van der Waals surface area contributed by atoms with Crippen LogP contribution < -0.4 is 21.7 Å². The van der Waals surface area contributed by atoms with Gasteiger partial charge >= 0.3 is 0 Å². The molecular weight excluding hydrogens is 504 g/mol. The number of aromatic nitrogens is 1. The number of hydrogen-bond donors (Lipinski definition) is 0. The highest BCUT2D eigenvalue weighted by molar-refractivity contribution is 5.42. The third-order valence-corrected chi connectivity index (χ3v) is 6.03. The van der Waals surface area contributed by atoms with Crippen molar-refractivity contribution in [1.29, 1.82) is 0 Å². The average Bonchev–Trinajstić information content (AvgIpc) is 3.32. The normalized spacial score (nSPS) is 11.6. The Morgan fingerprint density at radius 2 is 1.37 bits per heavy atom. The lowest BCUT2D eigenvalue weighted by Crippen LogP contribution is -3.00. The fourth-order valence-electron chi connectivity index (χ4n) is 4.33. The summed E-state index contributed by atoms with van der Waals surface area (Å²) in [6, 6.07) is 30.2. The van der Waals surface area contributed by atoms with E-state index in [0.717, 1.165) is 46.6 Å². The quantitative estimate of drug-likeness (QED) is 0.218. The van der Waals surface area contributed by atoms with Crippen LogP contribution in [0.1, 0.15) is 29.2 Å². The first-order valence-electron chi connectivity index (χ1n) is 11.6. The number of methoxy groups -OCH3 is 1. The molecular formula is C29H33BrN2O3. The molecule has 0 unspecified atom stereocenters. The van der Waals surface area contributed by atoms with E-state index in [1.54, 1.807) is 7.11 Å². The van der Waals surface area contributed by atoms with E-state index in [1.165, 1.54) is 0 Å². The third kappa shape index (κ3) is 6.40. The van der Waals surface area contributed by atoms with Crippen LogP contribution in [0.25, 0.3) is 0 Å². The maximum absolute atomic E-state index is 6.38. The molecule has 35 heavy (non-hydrogen) atoms. The molecule has 0 N–H and O–H groups in total. The Kier molecular flexibility index (Phi) is 9.26. The highest BCUT2D eigenvalue weighted by Gasteiger charge is 2.41. The van der Waals surface area contributed by atoms with Crippen LogP contribution in [0, 0.1) is 0 Å². The zero-order chi connectivity index (χ0) is 23.9. The summed E-state index contributed by atoms with van der Waals surface area (Å²) >= 11 is 0. The molecule has 1 aromatic heterocycles. The number of hydrogen-bond acceptors (Lipinski definition) is 4. The fourth-order valence-corrected chi connectivity index (χ4v) is 4.33. The first kappa shape index (κ1) is 26.7. The minimum Gasteiger partial charge on any atom is -1.00 e. The van der Waals surface area contributed by atoms with Gasteiger partial charge in [-0.2, -0.15) is 0 Å². The number of benzene rings is 3. The van der Waals surface area contributed by atoms with Gasteiger partial charge in [0.05, 0.1) is 33.4 Å². The van der Waals surface area contributed by atoms with E-state index >= 15 is 0 Å². The molecule has 4 aromatic rings. The first-order valence-corrected chi connectivity index (χ1v) is 11.6. The van der Waals surface area contributed by atoms with E-state index < -0.39 is 5.60 Å². The summed E-state index contributed by atoms with van der Waals surface area (Å²) in [6.45, 7) is 2.36. The zero-order valence-corrected chi connectivity index (χ0v) is 22.1. The van der Waals surface area contributed by atoms with E-state index in [-0.39, 0.29) is 17.0 Å². The summed E-state index contributed by atoms with van der Waals surface area (Å²) < 4.78 is 19.2. The Bertz CT molecular complexity index is 1110. The lowest BCUT2D eigenvalue weighted by atomic mass is 9.86. The molecule has 0 aliphatic carbocycles. The van der Waals surface area contributed by atoms with Crippen molar-refractivity contribution in [1.82, 2.24) is 4.98 Å². The van der Waals surface area contributed by atoms with Gasteiger partial charge < -0.3 is 35.4 Å². The van der Waals surface area contributed by atoms with Crippen LogP contribution in [0.3, 0.4) is 0 Å². The number of ether oxygens (including phenoxy) is 2. The second-order valence-corrected chi connectivity index (χ2v) is 9.08. The largest absolute Gasteiger partial charge is 1.00 e. The van der Waals surface area contributed by atoms with Gasteiger partial charge in [-0.25, -0.2) is 4.98 Å². The van der Waals surface area contributed by atoms with Gasteiger partial charge in [-0.15, -0.1) is 0 Å². The van der Waals surface area contributed by atoms with Crippen molar-refractivity contribution in [3.63, 3.8) is 0 Å². The minimum atomic E-state index is -0.915. The van der Waals surface area contributed by atoms with E-state index in [0.29, 0.717) is 12.5 Å². The summed E-state index contributed by atoms with van der Waals surface area (Å²) in [6.07, 6.45) is 2.77. The summed E-state index contributed by atoms with van der Waals surface area (Å²) in [5, 5.41) is 0. The van der Waals surface area contributed by atoms with Crippen LogP contribution in [0.2, 0.25) is 0 Å². The van der Waals surface area contributed by atoms with Crippen LogP contribution >= 0.6 is 0 Å². The molecule has 5 nitrogen and oxygen atoms in total. The smallest absolute Gasteiger partial charge is 0.236 e. The Hall–Kier alpha value is -2.93. The Balaban J connectivity index is 0.00000342. The molecule has 0 atom stereocenters. The van der Waals surface area contributed by atoms with Crippen molar-refractivity contribution in [2.75, 3.05) is 34.4 Å². The van der Waals surface area contributed by atoms with Crippen molar-refractivity contribution in [2.24, 2.45) is 0 Å². The highest BCUT2D eigenvalue weighted by atomic mass is 79.9. The maximum Gasteiger partial charge on any atom is 0.236 e. The molecule has 1 heterocycles. The summed E-state index contributed by atoms with van der Waals surface area (Å²) in [4.78, 5) is 4.71. The van der Waals surface area contributed by atoms with Crippen molar-refractivity contribution >= 4 is 0 Å². The SMILES string of the molecule is COC(c1ccccc1)(c1ccccc1)c1ncc(C[N+](C)(C)CCCOc2ccccc2)o1.[Br-]. The van der Waals surface area contributed by atoms with E-state index in [2.05, 4.69) is 14.1 Å². The monoisotopic (exact) mass is 536 g/mol. The van der Waals surface area contributed by atoms with Gasteiger partial charge in [0.2, 0.25) is 5.89 Å². The molecule has 0 saturated heterocycles. The summed E-state index contributed by atoms with van der Waals surface area (Å²) in [7, 11) is 6.10. The van der Waals surface area contributed by atoms with Crippen molar-refractivity contribution in [3.8, 4) is 5.75 Å². The molecule has 0 aliphatic rings. The Morgan fingerprint density at radius 1 is 0.829 bits per heavy atom. The molecule has 0 bridgehead atoms. The van der Waals surface area contributed by atoms with E-state index in [4.69, 9.17) is 18.9 Å². The van der Waals surface area contributed by atoms with Crippen LogP contribution in [-0.4, -0.2) is 43.8 Å². The van der Waals surface area contributed by atoms with Gasteiger partial charge in [0.25, 0.3) is 0 Å². The standard InChI is InChI=1S/C29H33N2O3.BrH/c1-31(2,20-13-21-33-26-18-11-6-12-19-26)23-27-22-30-28(34-27)29(32-3,24-14-7-4-8-15-24)25-16-9-5-10-17-25;/h4-12,14-19,22H,13,20-21,23H2,1-3H3;1H/q+1;/p-1. The zero-order valence-electron chi connectivity index (χ0n) is 20.6. The molecule has 0 radical (unpaired) electrons. The molecule has 0 aliphatic heterocycles. The number of quaternary nitrogens is 1. The Morgan fingerprint density at radius 3 is 1.91 bits per heavy atom. The van der Waals surface area contributed by atoms with Crippen LogP contribution in [0.4, 0.5) is 0 Å². The molecule has 4 rings (SSSR count). The van der Waals surface area contributed by atoms with Gasteiger partial charge in [0.15, 0.2) is 11.4 Å². The Labute approximate surface area is 218 Å². The molecule has 0 fully saturated rings. The van der Waals surface area contributed by atoms with Crippen molar-refractivity contribution in [2.45, 2.75) is 18.6 Å². The minimum absolute atomic E-state index is 0. The number of rotatable bonds is 11. The van der Waals surface area contributed by atoms with Crippen LogP contribution in [-0.2, 0) is 16.9 Å². The summed E-state index contributed by atoms with van der Waals surface area (Å²) in [5.74, 6) is 2.28. The molecule has 0 saturated carbocycles. The van der Waals surface area contributed by atoms with Crippen LogP contribution in [0.5, 0.6) is 5.75 Å². The predicted molar refractivity (Wildman–Crippen MR) is 134 cm³/mol. The fraction of sp³-hybridized carbons (Fsp3) is 0.276. The molecule has 0 spiro atoms. The van der Waals surface area contributed by atoms with E-state index in [1.807, 2.05) is 97.2 Å². The summed E-state index contributed by atoms with van der Waals surface area (Å²) in [5.41, 5.74) is 1.04. The lowest BCUT2D eigenvalue weighted by molar-refractivity contribution is -0.904. The second kappa shape index (κ2) is 12.2. The maximum atomic E-state index is 6.38. The van der Waals surface area contributed by atoms with Crippen molar-refractivity contribution in [3.05, 3.63) is 120 Å². The average molecular weight is 537 g/mol. The first-order chi connectivity index (χ1) is 16.5. The van der Waals surface area contributed by atoms with E-state index in [9.17, 15) is 0 Å². The van der Waals surface area contributed by atoms with Crippen molar-refractivity contribution < 1.29 is 35.4 Å². The molecule has 0 amide bonds. The van der Waals surface area contributed by atoms with Gasteiger partial charge in [-0.3, -0.25) is 0 Å². The number of halogens is 1. The third-order valence-electron chi connectivity index (χ3n) is 6.03. The molecule has 6 heteroatoms. The topological polar surface area (TPSA) is 44.5 Å². The number of nitrogens with zero attached hydrogens (tertiary/aromatic N) is 2. The second-order valence-electron chi connectivity index (χ2n) is 9.08. The van der Waals surface area contributed by atoms with Gasteiger partial charge in [0, 0.05) is 13.5 Å². The van der Waals surface area contributed by atoms with Crippen LogP contribution in [0.15, 0.2) is 102 Å². The molecule has 3 aromatic carbocycles.